The van der Waals surface area contributed by atoms with Crippen LogP contribution in [0.25, 0.3) is 0 Å². The second-order valence-corrected chi connectivity index (χ2v) is 5.42. The number of anilines is 1. The van der Waals surface area contributed by atoms with Gasteiger partial charge in [0.25, 0.3) is 0 Å². The van der Waals surface area contributed by atoms with Crippen LogP contribution in [-0.2, 0) is 4.79 Å². The van der Waals surface area contributed by atoms with Crippen LogP contribution in [-0.4, -0.2) is 34.6 Å². The fraction of sp³-hybridized carbons (Fsp3) is 0.429. The molecule has 108 valence electrons. The van der Waals surface area contributed by atoms with Crippen LogP contribution in [0.3, 0.4) is 0 Å². The minimum atomic E-state index is -0.855. The van der Waals surface area contributed by atoms with Gasteiger partial charge in [0, 0.05) is 23.3 Å². The Morgan fingerprint density at radius 3 is 2.75 bits per heavy atom. The van der Waals surface area contributed by atoms with Gasteiger partial charge in [-0.1, -0.05) is 17.7 Å². The predicted octanol–water partition coefficient (Wildman–Crippen LogP) is 2.98. The van der Waals surface area contributed by atoms with Crippen molar-refractivity contribution in [2.75, 3.05) is 11.9 Å². The van der Waals surface area contributed by atoms with E-state index in [1.165, 1.54) is 0 Å². The van der Waals surface area contributed by atoms with Gasteiger partial charge in [0.2, 0.25) is 0 Å². The van der Waals surface area contributed by atoms with E-state index in [0.717, 1.165) is 5.56 Å². The van der Waals surface area contributed by atoms with Crippen molar-refractivity contribution in [1.82, 2.24) is 4.90 Å². The molecule has 0 radical (unpaired) electrons. The number of nitrogens with one attached hydrogen (secondary N) is 1. The Hall–Kier alpha value is -1.75. The third-order valence-corrected chi connectivity index (χ3v) is 4.25. The van der Waals surface area contributed by atoms with Crippen molar-refractivity contribution in [2.45, 2.75) is 26.3 Å². The number of carboxylic acid groups (broad SMARTS) is 1. The first-order chi connectivity index (χ1) is 9.41. The molecule has 0 aliphatic carbocycles. The van der Waals surface area contributed by atoms with Crippen LogP contribution in [0.4, 0.5) is 10.5 Å². The first-order valence-electron chi connectivity index (χ1n) is 6.47. The summed E-state index contributed by atoms with van der Waals surface area (Å²) in [6.07, 6.45) is 0.485. The summed E-state index contributed by atoms with van der Waals surface area (Å²) in [5.41, 5.74) is 1.44. The van der Waals surface area contributed by atoms with Crippen LogP contribution in [0.1, 0.15) is 18.9 Å². The molecule has 1 aliphatic heterocycles. The van der Waals surface area contributed by atoms with E-state index in [0.29, 0.717) is 23.7 Å². The lowest BCUT2D eigenvalue weighted by atomic mass is 10.0. The van der Waals surface area contributed by atoms with Crippen LogP contribution in [0.15, 0.2) is 18.2 Å². The number of urea groups is 1. The molecular weight excluding hydrogens is 280 g/mol. The number of likely N-dealkylation sites (tertiary alicyclic amines) is 1. The highest BCUT2D eigenvalue weighted by molar-refractivity contribution is 6.31. The van der Waals surface area contributed by atoms with E-state index >= 15 is 0 Å². The molecule has 20 heavy (non-hydrogen) atoms. The molecule has 6 heteroatoms. The normalized spacial score (nSPS) is 21.9. The Kier molecular flexibility index (Phi) is 4.18. The molecule has 0 saturated carbocycles. The molecule has 2 amide bonds. The Morgan fingerprint density at radius 1 is 1.45 bits per heavy atom. The van der Waals surface area contributed by atoms with Gasteiger partial charge in [0.15, 0.2) is 0 Å². The minimum Gasteiger partial charge on any atom is -0.481 e. The number of aliphatic carboxylic acids is 1. The third kappa shape index (κ3) is 2.72. The molecule has 1 aliphatic rings. The summed E-state index contributed by atoms with van der Waals surface area (Å²) in [6.45, 7) is 4.03. The molecule has 0 spiro atoms. The smallest absolute Gasteiger partial charge is 0.322 e. The van der Waals surface area contributed by atoms with Crippen molar-refractivity contribution < 1.29 is 14.7 Å². The van der Waals surface area contributed by atoms with E-state index in [1.54, 1.807) is 30.0 Å². The summed E-state index contributed by atoms with van der Waals surface area (Å²) in [4.78, 5) is 24.9. The summed E-state index contributed by atoms with van der Waals surface area (Å²) < 4.78 is 0. The maximum Gasteiger partial charge on any atom is 0.322 e. The number of rotatable bonds is 2. The lowest BCUT2D eigenvalue weighted by molar-refractivity contribution is -0.142. The van der Waals surface area contributed by atoms with Gasteiger partial charge >= 0.3 is 12.0 Å². The second-order valence-electron chi connectivity index (χ2n) is 5.01. The summed E-state index contributed by atoms with van der Waals surface area (Å²) in [7, 11) is 0. The quantitative estimate of drug-likeness (QED) is 0.881. The molecule has 2 atom stereocenters. The zero-order valence-electron chi connectivity index (χ0n) is 11.4. The van der Waals surface area contributed by atoms with E-state index in [2.05, 4.69) is 5.32 Å². The predicted molar refractivity (Wildman–Crippen MR) is 77.1 cm³/mol. The molecule has 1 aromatic rings. The van der Waals surface area contributed by atoms with Gasteiger partial charge in [-0.3, -0.25) is 4.79 Å². The van der Waals surface area contributed by atoms with Gasteiger partial charge in [0.1, 0.15) is 0 Å². The Balaban J connectivity index is 2.10. The number of halogens is 1. The van der Waals surface area contributed by atoms with Gasteiger partial charge in [-0.25, -0.2) is 4.79 Å². The van der Waals surface area contributed by atoms with Crippen LogP contribution in [0.2, 0.25) is 5.02 Å². The average Bonchev–Trinajstić information content (AvgIpc) is 2.77. The number of carbonyl (C=O) groups excluding carboxylic acids is 1. The van der Waals surface area contributed by atoms with Gasteiger partial charge in [-0.15, -0.1) is 0 Å². The van der Waals surface area contributed by atoms with Crippen molar-refractivity contribution in [2.24, 2.45) is 5.92 Å². The summed E-state index contributed by atoms with van der Waals surface area (Å²) in [5.74, 6) is -1.35. The fourth-order valence-corrected chi connectivity index (χ4v) is 2.66. The van der Waals surface area contributed by atoms with Crippen LogP contribution >= 0.6 is 11.6 Å². The first-order valence-corrected chi connectivity index (χ1v) is 6.85. The molecule has 2 unspecified atom stereocenters. The van der Waals surface area contributed by atoms with Crippen LogP contribution in [0, 0.1) is 12.8 Å². The molecule has 1 aromatic carbocycles. The molecule has 1 saturated heterocycles. The lowest BCUT2D eigenvalue weighted by Gasteiger charge is -2.24. The monoisotopic (exact) mass is 296 g/mol. The Bertz CT molecular complexity index is 547. The number of hydrogen-bond acceptors (Lipinski definition) is 2. The molecule has 2 N–H and O–H groups in total. The van der Waals surface area contributed by atoms with E-state index in [9.17, 15) is 9.59 Å². The second kappa shape index (κ2) is 5.71. The zero-order valence-corrected chi connectivity index (χ0v) is 12.1. The Morgan fingerprint density at radius 2 is 2.15 bits per heavy atom. The molecule has 0 aromatic heterocycles. The number of amides is 2. The Labute approximate surface area is 122 Å². The maximum absolute atomic E-state index is 12.2. The highest BCUT2D eigenvalue weighted by Gasteiger charge is 2.38. The average molecular weight is 297 g/mol. The van der Waals surface area contributed by atoms with E-state index in [1.807, 2.05) is 6.92 Å². The molecular formula is C14H17ClN2O3. The van der Waals surface area contributed by atoms with Crippen LogP contribution in [0.5, 0.6) is 0 Å². The minimum absolute atomic E-state index is 0.286. The van der Waals surface area contributed by atoms with Crippen LogP contribution < -0.4 is 5.32 Å². The van der Waals surface area contributed by atoms with Crippen molar-refractivity contribution in [3.63, 3.8) is 0 Å². The lowest BCUT2D eigenvalue weighted by Crippen LogP contribution is -2.40. The SMILES string of the molecule is Cc1c(Cl)cccc1NC(=O)N1CCC(C(=O)O)C1C. The topological polar surface area (TPSA) is 69.6 Å². The highest BCUT2D eigenvalue weighted by Crippen LogP contribution is 2.27. The number of nitrogens with zero attached hydrogens (tertiary/aromatic N) is 1. The van der Waals surface area contributed by atoms with Crippen molar-refractivity contribution in [3.8, 4) is 0 Å². The molecule has 2 rings (SSSR count). The maximum atomic E-state index is 12.2. The third-order valence-electron chi connectivity index (χ3n) is 3.84. The number of carbonyl (C=O) groups is 2. The number of carboxylic acids is 1. The van der Waals surface area contributed by atoms with E-state index < -0.39 is 11.9 Å². The summed E-state index contributed by atoms with van der Waals surface area (Å²) in [5, 5.41) is 12.5. The van der Waals surface area contributed by atoms with Crippen molar-refractivity contribution in [3.05, 3.63) is 28.8 Å². The summed E-state index contributed by atoms with van der Waals surface area (Å²) in [6, 6.07) is 4.69. The molecule has 5 nitrogen and oxygen atoms in total. The number of hydrogen-bond donors (Lipinski definition) is 2. The van der Waals surface area contributed by atoms with Gasteiger partial charge < -0.3 is 15.3 Å². The molecule has 1 fully saturated rings. The molecule has 1 heterocycles. The standard InChI is InChI=1S/C14H17ClN2O3/c1-8-11(15)4-3-5-12(8)16-14(20)17-7-6-10(9(17)2)13(18)19/h3-5,9-10H,6-7H2,1-2H3,(H,16,20)(H,18,19). The van der Waals surface area contributed by atoms with Gasteiger partial charge in [0.05, 0.1) is 5.92 Å². The van der Waals surface area contributed by atoms with Gasteiger partial charge in [-0.2, -0.15) is 0 Å². The summed E-state index contributed by atoms with van der Waals surface area (Å²) >= 11 is 6.01. The highest BCUT2D eigenvalue weighted by atomic mass is 35.5. The van der Waals surface area contributed by atoms with Crippen molar-refractivity contribution >= 4 is 29.3 Å². The largest absolute Gasteiger partial charge is 0.481 e. The van der Waals surface area contributed by atoms with E-state index in [4.69, 9.17) is 16.7 Å². The van der Waals surface area contributed by atoms with E-state index in [-0.39, 0.29) is 12.1 Å². The van der Waals surface area contributed by atoms with Gasteiger partial charge in [-0.05, 0) is 38.0 Å². The molecule has 0 bridgehead atoms. The first kappa shape index (κ1) is 14.7. The fourth-order valence-electron chi connectivity index (χ4n) is 2.49. The van der Waals surface area contributed by atoms with Crippen molar-refractivity contribution in [1.29, 1.82) is 0 Å². The zero-order chi connectivity index (χ0) is 14.9. The number of benzene rings is 1.